The first-order chi connectivity index (χ1) is 15.8. The number of carbonyl (C=O) groups is 1. The van der Waals surface area contributed by atoms with Crippen LogP contribution in [0.2, 0.25) is 0 Å². The third-order valence-electron chi connectivity index (χ3n) is 6.32. The van der Waals surface area contributed by atoms with E-state index in [0.29, 0.717) is 0 Å². The molecule has 0 aliphatic carbocycles. The van der Waals surface area contributed by atoms with Crippen molar-refractivity contribution in [3.63, 3.8) is 0 Å². The SMILES string of the molecule is CCn1nc(C)c2cc(OC(C)C)c(CN3CCC(n4ccc(C(=O)O)cc4=O)CC3)cc21. The first-order valence-electron chi connectivity index (χ1n) is 11.6. The summed E-state index contributed by atoms with van der Waals surface area (Å²) < 4.78 is 9.88. The summed E-state index contributed by atoms with van der Waals surface area (Å²) in [5, 5.41) is 14.9. The van der Waals surface area contributed by atoms with Gasteiger partial charge in [-0.05, 0) is 58.7 Å². The molecular weight excluding hydrogens is 420 g/mol. The van der Waals surface area contributed by atoms with Crippen LogP contribution in [-0.4, -0.2) is 49.5 Å². The van der Waals surface area contributed by atoms with Crippen LogP contribution < -0.4 is 10.3 Å². The minimum atomic E-state index is -1.08. The average Bonchev–Trinajstić information content (AvgIpc) is 3.08. The number of likely N-dealkylation sites (tertiary alicyclic amines) is 1. The number of benzene rings is 1. The van der Waals surface area contributed by atoms with Gasteiger partial charge < -0.3 is 14.4 Å². The van der Waals surface area contributed by atoms with Gasteiger partial charge in [0, 0.05) is 55.4 Å². The molecule has 176 valence electrons. The molecular formula is C25H32N4O4. The summed E-state index contributed by atoms with van der Waals surface area (Å²) in [6.45, 7) is 11.5. The monoisotopic (exact) mass is 452 g/mol. The summed E-state index contributed by atoms with van der Waals surface area (Å²) >= 11 is 0. The maximum Gasteiger partial charge on any atom is 0.335 e. The molecule has 2 aromatic heterocycles. The standard InChI is InChI=1S/C25H32N4O4/c1-5-29-22-12-19(23(33-16(2)3)14-21(22)17(4)26-29)15-27-9-7-20(8-10-27)28-11-6-18(25(31)32)13-24(28)30/h6,11-14,16,20H,5,7-10,15H2,1-4H3,(H,31,32). The van der Waals surface area contributed by atoms with Crippen molar-refractivity contribution in [3.05, 3.63) is 57.6 Å². The van der Waals surface area contributed by atoms with Crippen LogP contribution in [0.4, 0.5) is 0 Å². The van der Waals surface area contributed by atoms with Gasteiger partial charge in [-0.25, -0.2) is 4.79 Å². The summed E-state index contributed by atoms with van der Waals surface area (Å²) in [5.74, 6) is -0.177. The molecule has 3 heterocycles. The Morgan fingerprint density at radius 1 is 1.24 bits per heavy atom. The molecule has 0 atom stereocenters. The van der Waals surface area contributed by atoms with E-state index in [0.717, 1.165) is 66.9 Å². The van der Waals surface area contributed by atoms with Crippen molar-refractivity contribution in [2.45, 2.75) is 65.8 Å². The molecule has 0 bridgehead atoms. The number of piperidine rings is 1. The number of fused-ring (bicyclic) bond motifs is 1. The van der Waals surface area contributed by atoms with Crippen LogP contribution in [0.5, 0.6) is 5.75 Å². The highest BCUT2D eigenvalue weighted by Gasteiger charge is 2.23. The van der Waals surface area contributed by atoms with Crippen LogP contribution >= 0.6 is 0 Å². The highest BCUT2D eigenvalue weighted by molar-refractivity contribution is 5.87. The number of carboxylic acid groups (broad SMARTS) is 1. The van der Waals surface area contributed by atoms with Crippen LogP contribution in [0.25, 0.3) is 10.9 Å². The quantitative estimate of drug-likeness (QED) is 0.586. The van der Waals surface area contributed by atoms with E-state index in [-0.39, 0.29) is 23.3 Å². The van der Waals surface area contributed by atoms with Gasteiger partial charge in [-0.1, -0.05) is 0 Å². The fourth-order valence-electron chi connectivity index (χ4n) is 4.65. The summed E-state index contributed by atoms with van der Waals surface area (Å²) in [6, 6.07) is 7.11. The van der Waals surface area contributed by atoms with E-state index in [2.05, 4.69) is 29.1 Å². The third-order valence-corrected chi connectivity index (χ3v) is 6.32. The molecule has 3 aromatic rings. The van der Waals surface area contributed by atoms with Gasteiger partial charge in [0.1, 0.15) is 5.75 Å². The Bertz CT molecular complexity index is 1220. The Morgan fingerprint density at radius 2 is 1.97 bits per heavy atom. The molecule has 8 nitrogen and oxygen atoms in total. The number of aromatic carboxylic acids is 1. The van der Waals surface area contributed by atoms with E-state index in [4.69, 9.17) is 9.84 Å². The van der Waals surface area contributed by atoms with E-state index >= 15 is 0 Å². The summed E-state index contributed by atoms with van der Waals surface area (Å²) in [6.07, 6.45) is 3.36. The zero-order valence-electron chi connectivity index (χ0n) is 19.7. The van der Waals surface area contributed by atoms with Crippen molar-refractivity contribution in [1.29, 1.82) is 0 Å². The van der Waals surface area contributed by atoms with Crippen LogP contribution in [0.1, 0.15) is 61.3 Å². The Kier molecular flexibility index (Phi) is 6.56. The topological polar surface area (TPSA) is 89.6 Å². The van der Waals surface area contributed by atoms with Crippen LogP contribution in [-0.2, 0) is 13.1 Å². The second-order valence-corrected chi connectivity index (χ2v) is 9.02. The van der Waals surface area contributed by atoms with Gasteiger partial charge in [-0.3, -0.25) is 14.4 Å². The van der Waals surface area contributed by atoms with Crippen molar-refractivity contribution in [2.75, 3.05) is 13.1 Å². The molecule has 1 saturated heterocycles. The molecule has 4 rings (SSSR count). The summed E-state index contributed by atoms with van der Waals surface area (Å²) in [7, 11) is 0. The van der Waals surface area contributed by atoms with Gasteiger partial charge in [0.2, 0.25) is 0 Å². The lowest BCUT2D eigenvalue weighted by molar-refractivity contribution is 0.0696. The maximum atomic E-state index is 12.4. The number of aryl methyl sites for hydroxylation is 2. The normalized spacial score (nSPS) is 15.4. The smallest absolute Gasteiger partial charge is 0.335 e. The maximum absolute atomic E-state index is 12.4. The van der Waals surface area contributed by atoms with Gasteiger partial charge in [0.15, 0.2) is 0 Å². The highest BCUT2D eigenvalue weighted by Crippen LogP contribution is 2.31. The van der Waals surface area contributed by atoms with E-state index in [1.54, 1.807) is 10.8 Å². The highest BCUT2D eigenvalue weighted by atomic mass is 16.5. The Hall–Kier alpha value is -3.13. The fraction of sp³-hybridized carbons (Fsp3) is 0.480. The summed E-state index contributed by atoms with van der Waals surface area (Å²) in [4.78, 5) is 25.9. The van der Waals surface area contributed by atoms with Crippen molar-refractivity contribution in [2.24, 2.45) is 0 Å². The largest absolute Gasteiger partial charge is 0.491 e. The zero-order valence-corrected chi connectivity index (χ0v) is 19.7. The van der Waals surface area contributed by atoms with E-state index < -0.39 is 5.97 Å². The Morgan fingerprint density at radius 3 is 2.58 bits per heavy atom. The predicted molar refractivity (Wildman–Crippen MR) is 127 cm³/mol. The van der Waals surface area contributed by atoms with Crippen molar-refractivity contribution in [1.82, 2.24) is 19.2 Å². The molecule has 1 aliphatic heterocycles. The van der Waals surface area contributed by atoms with Gasteiger partial charge >= 0.3 is 5.97 Å². The third kappa shape index (κ3) is 4.80. The van der Waals surface area contributed by atoms with E-state index in [1.807, 2.05) is 25.5 Å². The molecule has 1 aromatic carbocycles. The second-order valence-electron chi connectivity index (χ2n) is 9.02. The van der Waals surface area contributed by atoms with E-state index in [9.17, 15) is 9.59 Å². The summed E-state index contributed by atoms with van der Waals surface area (Å²) in [5.41, 5.74) is 3.05. The molecule has 0 radical (unpaired) electrons. The van der Waals surface area contributed by atoms with Crippen LogP contribution in [0, 0.1) is 6.92 Å². The minimum Gasteiger partial charge on any atom is -0.491 e. The second kappa shape index (κ2) is 9.39. The number of hydrogen-bond donors (Lipinski definition) is 1. The molecule has 1 aliphatic rings. The number of hydrogen-bond acceptors (Lipinski definition) is 5. The minimum absolute atomic E-state index is 0.0308. The lowest BCUT2D eigenvalue weighted by atomic mass is 10.0. The number of carboxylic acids is 1. The molecule has 8 heteroatoms. The van der Waals surface area contributed by atoms with Crippen LogP contribution in [0.15, 0.2) is 35.3 Å². The fourth-order valence-corrected chi connectivity index (χ4v) is 4.65. The number of rotatable bonds is 7. The number of pyridine rings is 1. The molecule has 0 spiro atoms. The Labute approximate surface area is 193 Å². The lowest BCUT2D eigenvalue weighted by Crippen LogP contribution is -2.37. The van der Waals surface area contributed by atoms with Gasteiger partial charge in [0.05, 0.1) is 22.9 Å². The molecule has 0 saturated carbocycles. The number of nitrogens with zero attached hydrogens (tertiary/aromatic N) is 4. The molecule has 0 unspecified atom stereocenters. The lowest BCUT2D eigenvalue weighted by Gasteiger charge is -2.33. The Balaban J connectivity index is 1.52. The number of ether oxygens (including phenoxy) is 1. The van der Waals surface area contributed by atoms with Crippen molar-refractivity contribution >= 4 is 16.9 Å². The number of aromatic nitrogens is 3. The van der Waals surface area contributed by atoms with Gasteiger partial charge in [-0.2, -0.15) is 5.10 Å². The first kappa shape index (κ1) is 23.0. The first-order valence-corrected chi connectivity index (χ1v) is 11.6. The van der Waals surface area contributed by atoms with Gasteiger partial charge in [-0.15, -0.1) is 0 Å². The van der Waals surface area contributed by atoms with Crippen molar-refractivity contribution < 1.29 is 14.6 Å². The van der Waals surface area contributed by atoms with Crippen LogP contribution in [0.3, 0.4) is 0 Å². The van der Waals surface area contributed by atoms with E-state index in [1.165, 1.54) is 12.1 Å². The van der Waals surface area contributed by atoms with Crippen molar-refractivity contribution in [3.8, 4) is 5.75 Å². The molecule has 33 heavy (non-hydrogen) atoms. The molecule has 1 fully saturated rings. The molecule has 0 amide bonds. The predicted octanol–water partition coefficient (Wildman–Crippen LogP) is 3.85. The zero-order chi connectivity index (χ0) is 23.7. The van der Waals surface area contributed by atoms with Gasteiger partial charge in [0.25, 0.3) is 5.56 Å². The average molecular weight is 453 g/mol. The molecule has 1 N–H and O–H groups in total.